The number of halogens is 1. The molecule has 2 aromatic heterocycles. The number of rotatable bonds is 10. The van der Waals surface area contributed by atoms with E-state index in [4.69, 9.17) is 31.0 Å². The number of benzene rings is 3. The first-order chi connectivity index (χ1) is 28.9. The number of H-pyrrole nitrogens is 2. The number of aromatic amines is 2. The van der Waals surface area contributed by atoms with Gasteiger partial charge in [0.2, 0.25) is 11.8 Å². The minimum atomic E-state index is -0.727. The fourth-order valence-electron chi connectivity index (χ4n) is 9.60. The van der Waals surface area contributed by atoms with Crippen molar-refractivity contribution in [1.29, 1.82) is 0 Å². The van der Waals surface area contributed by atoms with Crippen molar-refractivity contribution < 1.29 is 28.7 Å². The molecule has 1 saturated carbocycles. The molecular formula is C45H53ClN8O6. The van der Waals surface area contributed by atoms with Crippen LogP contribution in [0.15, 0.2) is 54.6 Å². The Balaban J connectivity index is 1.02. The van der Waals surface area contributed by atoms with Gasteiger partial charge < -0.3 is 39.9 Å². The smallest absolute Gasteiger partial charge is 0.407 e. The Labute approximate surface area is 354 Å². The van der Waals surface area contributed by atoms with E-state index in [1.54, 1.807) is 4.90 Å². The number of nitrogens with one attached hydrogen (secondary N) is 4. The molecule has 316 valence electrons. The number of aromatic nitrogens is 4. The molecule has 0 spiro atoms. The lowest BCUT2D eigenvalue weighted by Crippen LogP contribution is -2.53. The SMILES string of the molecule is COC(=O)N[C@H](C(=O)N1CCC[C@H]1c1nc(-c2ccc(-c3ccc4c(ccc5[nH]c([C@@H]6[C@H]7CCC[C@H](C7)N6C(=O)[C@@H](NC(=O)OC)C(C)C)nc54)c3)cc2)c(Cl)[nH]1)C(C)C. The second-order valence-electron chi connectivity index (χ2n) is 17.1. The quantitative estimate of drug-likeness (QED) is 0.109. The molecule has 1 aliphatic carbocycles. The van der Waals surface area contributed by atoms with Gasteiger partial charge in [0, 0.05) is 23.5 Å². The third-order valence-corrected chi connectivity index (χ3v) is 12.9. The molecule has 3 aliphatic rings. The van der Waals surface area contributed by atoms with Crippen LogP contribution >= 0.6 is 11.6 Å². The topological polar surface area (TPSA) is 175 Å². The summed E-state index contributed by atoms with van der Waals surface area (Å²) in [5.41, 5.74) is 5.27. The molecule has 2 saturated heterocycles. The summed E-state index contributed by atoms with van der Waals surface area (Å²) in [5.74, 6) is 1.15. The van der Waals surface area contributed by atoms with Crippen LogP contribution in [0.25, 0.3) is 44.2 Å². The maximum Gasteiger partial charge on any atom is 0.407 e. The normalized spacial score (nSPS) is 21.1. The zero-order chi connectivity index (χ0) is 42.4. The molecule has 15 heteroatoms. The van der Waals surface area contributed by atoms with Gasteiger partial charge >= 0.3 is 12.2 Å². The number of carbonyl (C=O) groups is 4. The summed E-state index contributed by atoms with van der Waals surface area (Å²) in [6, 6.07) is 16.8. The highest BCUT2D eigenvalue weighted by Gasteiger charge is 2.49. The average molecular weight is 837 g/mol. The van der Waals surface area contributed by atoms with Gasteiger partial charge in [0.25, 0.3) is 0 Å². The van der Waals surface area contributed by atoms with Gasteiger partial charge in [0.1, 0.15) is 34.6 Å². The summed E-state index contributed by atoms with van der Waals surface area (Å²) >= 11 is 6.76. The van der Waals surface area contributed by atoms with E-state index in [9.17, 15) is 19.2 Å². The van der Waals surface area contributed by atoms with Crippen LogP contribution in [0.5, 0.6) is 0 Å². The van der Waals surface area contributed by atoms with Crippen LogP contribution in [0.3, 0.4) is 0 Å². The lowest BCUT2D eigenvalue weighted by atomic mass is 9.87. The monoisotopic (exact) mass is 836 g/mol. The van der Waals surface area contributed by atoms with Gasteiger partial charge in [-0.05, 0) is 78.5 Å². The van der Waals surface area contributed by atoms with E-state index in [0.717, 1.165) is 82.8 Å². The molecule has 60 heavy (non-hydrogen) atoms. The molecule has 14 nitrogen and oxygen atoms in total. The van der Waals surface area contributed by atoms with Crippen LogP contribution in [-0.2, 0) is 19.1 Å². The van der Waals surface area contributed by atoms with E-state index in [2.05, 4.69) is 50.9 Å². The number of nitrogens with zero attached hydrogens (tertiary/aromatic N) is 4. The number of ether oxygens (including phenoxy) is 2. The molecule has 4 heterocycles. The van der Waals surface area contributed by atoms with Crippen LogP contribution in [0.1, 0.15) is 90.0 Å². The van der Waals surface area contributed by atoms with E-state index < -0.39 is 24.3 Å². The molecule has 2 bridgehead atoms. The summed E-state index contributed by atoms with van der Waals surface area (Å²) in [6.07, 6.45) is 4.19. The van der Waals surface area contributed by atoms with Crippen molar-refractivity contribution in [3.63, 3.8) is 0 Å². The van der Waals surface area contributed by atoms with Gasteiger partial charge in [-0.15, -0.1) is 0 Å². The lowest BCUT2D eigenvalue weighted by molar-refractivity contribution is -0.138. The van der Waals surface area contributed by atoms with Gasteiger partial charge in [-0.1, -0.05) is 88.2 Å². The molecule has 4 N–H and O–H groups in total. The fourth-order valence-corrected chi connectivity index (χ4v) is 9.85. The van der Waals surface area contributed by atoms with Gasteiger partial charge in [0.15, 0.2) is 0 Å². The zero-order valence-electron chi connectivity index (χ0n) is 34.9. The number of carbonyl (C=O) groups excluding carboxylic acids is 4. The Hall–Kier alpha value is -5.63. The highest BCUT2D eigenvalue weighted by Crippen LogP contribution is 2.48. The first-order valence-corrected chi connectivity index (χ1v) is 21.3. The Bertz CT molecular complexity index is 2430. The standard InChI is InChI=1S/C45H53ClN8O6/c1-23(2)34(50-44(57)59-5)42(55)53-20-8-11-33(53)40-48-36(39(46)52-40)26-14-12-25(13-15-26)27-16-18-31-28(21-27)17-19-32-37(31)49-41(47-32)38-29-9-7-10-30(22-29)54(38)43(56)35(24(3)4)51-45(58)60-6/h12-19,21,23-24,29-30,33-35,38H,7-11,20,22H2,1-6H3,(H,47,49)(H,48,52)(H,50,57)(H,51,58)/t29-,30+,33-,34-,35-,38-/m0/s1. The number of methoxy groups -OCH3 is 2. The predicted molar refractivity (Wildman–Crippen MR) is 229 cm³/mol. The Morgan fingerprint density at radius 2 is 1.43 bits per heavy atom. The minimum absolute atomic E-state index is 0.0932. The summed E-state index contributed by atoms with van der Waals surface area (Å²) in [6.45, 7) is 8.19. The summed E-state index contributed by atoms with van der Waals surface area (Å²) in [7, 11) is 2.59. The number of fused-ring (bicyclic) bond motifs is 5. The Kier molecular flexibility index (Phi) is 11.5. The molecule has 0 radical (unpaired) electrons. The number of alkyl carbamates (subject to hydrolysis) is 2. The van der Waals surface area contributed by atoms with E-state index in [0.29, 0.717) is 23.2 Å². The van der Waals surface area contributed by atoms with E-state index in [1.165, 1.54) is 14.2 Å². The highest BCUT2D eigenvalue weighted by molar-refractivity contribution is 6.32. The summed E-state index contributed by atoms with van der Waals surface area (Å²) in [5, 5.41) is 7.92. The predicted octanol–water partition coefficient (Wildman–Crippen LogP) is 8.29. The second-order valence-corrected chi connectivity index (χ2v) is 17.4. The number of likely N-dealkylation sites (tertiary alicyclic amines) is 2. The van der Waals surface area contributed by atoms with Gasteiger partial charge in [-0.3, -0.25) is 9.59 Å². The second kappa shape index (κ2) is 16.8. The molecule has 4 amide bonds. The van der Waals surface area contributed by atoms with Crippen molar-refractivity contribution in [2.75, 3.05) is 20.8 Å². The number of hydrogen-bond acceptors (Lipinski definition) is 8. The first-order valence-electron chi connectivity index (χ1n) is 21.0. The molecule has 2 aliphatic heterocycles. The zero-order valence-corrected chi connectivity index (χ0v) is 35.6. The molecule has 6 atom stereocenters. The van der Waals surface area contributed by atoms with Crippen molar-refractivity contribution in [3.8, 4) is 22.4 Å². The molecule has 0 unspecified atom stereocenters. The van der Waals surface area contributed by atoms with Crippen LogP contribution in [0.2, 0.25) is 5.15 Å². The number of amides is 4. The first kappa shape index (κ1) is 41.1. The molecular weight excluding hydrogens is 784 g/mol. The van der Waals surface area contributed by atoms with Gasteiger partial charge in [-0.2, -0.15) is 0 Å². The number of imidazole rings is 2. The Morgan fingerprint density at radius 1 is 0.767 bits per heavy atom. The largest absolute Gasteiger partial charge is 0.453 e. The van der Waals surface area contributed by atoms with Crippen molar-refractivity contribution in [2.24, 2.45) is 17.8 Å². The van der Waals surface area contributed by atoms with Gasteiger partial charge in [-0.25, -0.2) is 19.6 Å². The third kappa shape index (κ3) is 7.65. The minimum Gasteiger partial charge on any atom is -0.453 e. The van der Waals surface area contributed by atoms with Gasteiger partial charge in [0.05, 0.1) is 37.3 Å². The lowest BCUT2D eigenvalue weighted by Gasteiger charge is -2.33. The molecule has 5 aromatic rings. The van der Waals surface area contributed by atoms with E-state index in [1.807, 2.05) is 56.9 Å². The maximum atomic E-state index is 14.2. The molecule has 8 rings (SSSR count). The third-order valence-electron chi connectivity index (χ3n) is 12.7. The number of hydrogen-bond donors (Lipinski definition) is 4. The molecule has 3 aromatic carbocycles. The highest BCUT2D eigenvalue weighted by atomic mass is 35.5. The van der Waals surface area contributed by atoms with Crippen LogP contribution in [0, 0.1) is 17.8 Å². The van der Waals surface area contributed by atoms with E-state index in [-0.39, 0.29) is 47.7 Å². The average Bonchev–Trinajstić information content (AvgIpc) is 4.05. The van der Waals surface area contributed by atoms with Crippen LogP contribution in [-0.4, -0.2) is 92.6 Å². The van der Waals surface area contributed by atoms with Crippen molar-refractivity contribution in [3.05, 3.63) is 71.4 Å². The van der Waals surface area contributed by atoms with Crippen molar-refractivity contribution >= 4 is 57.4 Å². The Morgan fingerprint density at radius 3 is 2.12 bits per heavy atom. The maximum absolute atomic E-state index is 14.2. The van der Waals surface area contributed by atoms with Crippen molar-refractivity contribution in [2.45, 2.75) is 96.4 Å². The summed E-state index contributed by atoms with van der Waals surface area (Å²) in [4.78, 5) is 72.8. The van der Waals surface area contributed by atoms with Crippen LogP contribution in [0.4, 0.5) is 9.59 Å². The van der Waals surface area contributed by atoms with Crippen LogP contribution < -0.4 is 10.6 Å². The van der Waals surface area contributed by atoms with Crippen molar-refractivity contribution in [1.82, 2.24) is 40.4 Å². The summed E-state index contributed by atoms with van der Waals surface area (Å²) < 4.78 is 9.63. The molecule has 3 fully saturated rings. The fraction of sp³-hybridized carbons (Fsp3) is 0.467. The van der Waals surface area contributed by atoms with E-state index >= 15 is 0 Å².